The molecule has 2 aromatic carbocycles. The van der Waals surface area contributed by atoms with Gasteiger partial charge < -0.3 is 65.1 Å². The Balaban J connectivity index is 0.000000147. The van der Waals surface area contributed by atoms with Crippen LogP contribution in [0.1, 0.15) is 59.7 Å². The first-order valence-corrected chi connectivity index (χ1v) is 32.3. The van der Waals surface area contributed by atoms with E-state index in [-0.39, 0.29) is 36.1 Å². The van der Waals surface area contributed by atoms with Crippen LogP contribution in [0.2, 0.25) is 0 Å². The third-order valence-corrected chi connectivity index (χ3v) is 18.2. The highest BCUT2D eigenvalue weighted by atomic mass is 32.1. The molecule has 0 unspecified atom stereocenters. The number of hydrogen-bond donors (Lipinski definition) is 6. The van der Waals surface area contributed by atoms with Crippen molar-refractivity contribution in [3.05, 3.63) is 113 Å². The molecule has 0 saturated carbocycles. The van der Waals surface area contributed by atoms with E-state index in [1.54, 1.807) is 14.2 Å². The molecule has 7 N–H and O–H groups in total. The number of hydrogen-bond acceptors (Lipinski definition) is 30. The van der Waals surface area contributed by atoms with Gasteiger partial charge in [0.1, 0.15) is 0 Å². The number of anilines is 11. The van der Waals surface area contributed by atoms with Crippen LogP contribution in [0.3, 0.4) is 0 Å². The van der Waals surface area contributed by atoms with Crippen LogP contribution >= 0.6 is 34.0 Å². The zero-order valence-electron chi connectivity index (χ0n) is 51.7. The van der Waals surface area contributed by atoms with Gasteiger partial charge in [0, 0.05) is 123 Å². The first-order valence-electron chi connectivity index (χ1n) is 29.9. The van der Waals surface area contributed by atoms with E-state index in [4.69, 9.17) is 24.7 Å². The molecular formula is C59H75N23O6S3. The third kappa shape index (κ3) is 16.7. The lowest BCUT2D eigenvalue weighted by molar-refractivity contribution is -0.126. The van der Waals surface area contributed by atoms with Gasteiger partial charge in [-0.15, -0.1) is 45.9 Å². The van der Waals surface area contributed by atoms with E-state index < -0.39 is 12.2 Å². The van der Waals surface area contributed by atoms with Crippen molar-refractivity contribution in [2.75, 3.05) is 151 Å². The highest BCUT2D eigenvalue weighted by molar-refractivity contribution is 7.19. The fourth-order valence-corrected chi connectivity index (χ4v) is 13.0. The van der Waals surface area contributed by atoms with Gasteiger partial charge in [0.2, 0.25) is 30.8 Å². The highest BCUT2D eigenvalue weighted by Gasteiger charge is 2.32. The second-order valence-corrected chi connectivity index (χ2v) is 25.5. The quantitative estimate of drug-likeness (QED) is 0.0488. The normalized spacial score (nSPS) is 18.7. The van der Waals surface area contributed by atoms with E-state index in [0.29, 0.717) is 31.7 Å². The lowest BCUT2D eigenvalue weighted by Crippen LogP contribution is -2.51. The number of rotatable bonds is 21. The van der Waals surface area contributed by atoms with E-state index >= 15 is 0 Å². The van der Waals surface area contributed by atoms with E-state index in [0.717, 1.165) is 147 Å². The maximum absolute atomic E-state index is 13.0. The van der Waals surface area contributed by atoms with Crippen LogP contribution in [-0.4, -0.2) is 197 Å². The van der Waals surface area contributed by atoms with Gasteiger partial charge in [0.25, 0.3) is 11.8 Å². The minimum absolute atomic E-state index is 0.207. The molecule has 0 aliphatic carbocycles. The number of methoxy groups -OCH3 is 4. The summed E-state index contributed by atoms with van der Waals surface area (Å²) in [5, 5.41) is 68.9. The molecule has 5 fully saturated rings. The number of nitrogen functional groups attached to an aromatic ring is 1. The van der Waals surface area contributed by atoms with Crippen molar-refractivity contribution in [1.82, 2.24) is 61.2 Å². The van der Waals surface area contributed by atoms with Crippen molar-refractivity contribution >= 4 is 105 Å². The highest BCUT2D eigenvalue weighted by Crippen LogP contribution is 2.33. The molecule has 5 saturated heterocycles. The Morgan fingerprint density at radius 3 is 1.14 bits per heavy atom. The van der Waals surface area contributed by atoms with Crippen LogP contribution in [0, 0.1) is 20.8 Å². The van der Waals surface area contributed by atoms with Crippen LogP contribution in [-0.2, 0) is 28.5 Å². The molecule has 0 bridgehead atoms. The number of amides is 2. The van der Waals surface area contributed by atoms with Crippen molar-refractivity contribution in [1.29, 1.82) is 0 Å². The molecule has 13 rings (SSSR count). The zero-order valence-corrected chi connectivity index (χ0v) is 54.1. The summed E-state index contributed by atoms with van der Waals surface area (Å²) in [6.07, 6.45) is 1.91. The number of ether oxygens (including phenoxy) is 4. The van der Waals surface area contributed by atoms with Gasteiger partial charge in [-0.05, 0) is 112 Å². The van der Waals surface area contributed by atoms with Gasteiger partial charge in [0.15, 0.2) is 29.7 Å². The average Bonchev–Trinajstić information content (AvgIpc) is 1.98. The van der Waals surface area contributed by atoms with Crippen LogP contribution in [0.4, 0.5) is 59.6 Å². The Bertz CT molecular complexity index is 3460. The summed E-state index contributed by atoms with van der Waals surface area (Å²) in [5.41, 5.74) is 11.9. The maximum atomic E-state index is 13.0. The minimum atomic E-state index is -0.760. The second kappa shape index (κ2) is 30.0. The average molecular weight is 1300 g/mol. The van der Waals surface area contributed by atoms with Gasteiger partial charge in [-0.3, -0.25) is 20.2 Å². The van der Waals surface area contributed by atoms with Crippen LogP contribution in [0.5, 0.6) is 0 Å². The summed E-state index contributed by atoms with van der Waals surface area (Å²) in [4.78, 5) is 37.1. The van der Waals surface area contributed by atoms with Crippen LogP contribution in [0.25, 0.3) is 0 Å². The summed E-state index contributed by atoms with van der Waals surface area (Å²) in [6.45, 7) is 14.3. The molecule has 29 nitrogen and oxygen atoms in total. The van der Waals surface area contributed by atoms with Gasteiger partial charge in [-0.1, -0.05) is 58.3 Å². The SMILES string of the molecule is COC1CN(c2cccc([C@@H](OC)C(=O)Nc3nnc(N[C@@H]4CCN(c5ccc(C)nn5)C4)s3)c2)C1.COC1CN(c2cccc([C@H](OC)C(=O)Nc3nnc(N[C@@H]4CCN(c5ccc(C)nn5)C4)s3)c2)C1.Cc1ccc(N2CC[C@@H](Nc3nnc(N)s3)C2)nn1. The third-order valence-electron chi connectivity index (χ3n) is 16.0. The fraction of sp³-hybridized carbons (Fsp3) is 0.458. The van der Waals surface area contributed by atoms with Crippen molar-refractivity contribution in [2.24, 2.45) is 0 Å². The molecule has 2 amide bonds. The number of carbonyl (C=O) groups excluding carboxylic acids is 2. The first-order chi connectivity index (χ1) is 44.2. The molecule has 8 aromatic rings. The molecule has 0 radical (unpaired) electrons. The van der Waals surface area contributed by atoms with Crippen molar-refractivity contribution < 1.29 is 28.5 Å². The fourth-order valence-electron chi connectivity index (χ4n) is 10.9. The topological polar surface area (TPSA) is 328 Å². The summed E-state index contributed by atoms with van der Waals surface area (Å²) >= 11 is 3.98. The summed E-state index contributed by atoms with van der Waals surface area (Å²) in [5.74, 6) is 2.09. The number of benzene rings is 2. The lowest BCUT2D eigenvalue weighted by Gasteiger charge is -2.40. The molecule has 5 atom stereocenters. The van der Waals surface area contributed by atoms with Gasteiger partial charge in [-0.2, -0.15) is 15.3 Å². The summed E-state index contributed by atoms with van der Waals surface area (Å²) in [7, 11) is 6.50. The van der Waals surface area contributed by atoms with Crippen molar-refractivity contribution in [2.45, 2.75) is 82.6 Å². The molecule has 480 valence electrons. The largest absolute Gasteiger partial charge is 0.378 e. The van der Waals surface area contributed by atoms with Crippen molar-refractivity contribution in [3.63, 3.8) is 0 Å². The van der Waals surface area contributed by atoms with Crippen LogP contribution in [0.15, 0.2) is 84.9 Å². The predicted octanol–water partition coefficient (Wildman–Crippen LogP) is 5.89. The molecular weight excluding hydrogens is 1220 g/mol. The molecule has 5 aliphatic heterocycles. The molecule has 5 aliphatic rings. The number of carbonyl (C=O) groups is 2. The molecule has 6 aromatic heterocycles. The van der Waals surface area contributed by atoms with Crippen molar-refractivity contribution in [3.8, 4) is 0 Å². The van der Waals surface area contributed by atoms with E-state index in [1.165, 1.54) is 48.2 Å². The predicted molar refractivity (Wildman–Crippen MR) is 353 cm³/mol. The number of nitrogens with one attached hydrogen (secondary N) is 5. The van der Waals surface area contributed by atoms with Gasteiger partial charge in [-0.25, -0.2) is 0 Å². The Labute approximate surface area is 538 Å². The summed E-state index contributed by atoms with van der Waals surface area (Å²) < 4.78 is 21.8. The van der Waals surface area contributed by atoms with E-state index in [9.17, 15) is 9.59 Å². The smallest absolute Gasteiger partial charge is 0.259 e. The second-order valence-electron chi connectivity index (χ2n) is 22.5. The van der Waals surface area contributed by atoms with Gasteiger partial charge >= 0.3 is 0 Å². The zero-order chi connectivity index (χ0) is 63.4. The lowest BCUT2D eigenvalue weighted by atomic mass is 10.0. The number of aromatic nitrogens is 12. The van der Waals surface area contributed by atoms with Crippen LogP contribution < -0.4 is 56.8 Å². The monoisotopic (exact) mass is 1300 g/mol. The molecule has 11 heterocycles. The number of nitrogens with two attached hydrogens (primary N) is 1. The Hall–Kier alpha value is -8.66. The Morgan fingerprint density at radius 2 is 0.813 bits per heavy atom. The maximum Gasteiger partial charge on any atom is 0.259 e. The van der Waals surface area contributed by atoms with E-state index in [2.05, 4.69) is 112 Å². The number of nitrogens with zero attached hydrogens (tertiary/aromatic N) is 17. The van der Waals surface area contributed by atoms with Gasteiger partial charge in [0.05, 0.1) is 29.3 Å². The standard InChI is InChI=1S/2C24H30N8O3S.C11H15N7S/c2*1-15-7-8-20(28-27-15)31-10-9-17(12-31)25-23-29-30-24(36-23)26-22(33)21(35-3)16-5-4-6-18(11-16)32-13-19(14-32)34-2;1-7-2-3-9(15-14-7)18-5-4-8(6-18)13-11-17-16-10(12)19-11/h2*4-8,11,17,19,21H,9-10,12-14H2,1-3H3,(H,25,29)(H,26,30,33);2-3,8H,4-6H2,1H3,(H2,12,16)(H,13,17)/t17-,21+;17-,21-;8-/m111/s1. The molecule has 91 heavy (non-hydrogen) atoms. The molecule has 32 heteroatoms. The molecule has 0 spiro atoms. The Morgan fingerprint density at radius 1 is 0.451 bits per heavy atom. The van der Waals surface area contributed by atoms with E-state index in [1.807, 2.05) is 106 Å². The number of aryl methyl sites for hydroxylation is 3. The first kappa shape index (κ1) is 63.9. The summed E-state index contributed by atoms with van der Waals surface area (Å²) in [6, 6.07) is 28.3. The minimum Gasteiger partial charge on any atom is -0.378 e. The Kier molecular flexibility index (Phi) is 21.0.